The molecule has 5 N–H and O–H groups in total. The summed E-state index contributed by atoms with van der Waals surface area (Å²) in [6, 6.07) is 4.08. The number of hydrogen-bond donors (Lipinski definition) is 5. The second-order valence-electron chi connectivity index (χ2n) is 12.9. The first-order chi connectivity index (χ1) is 21.5. The topological polar surface area (TPSA) is 177 Å². The molecule has 246 valence electrons. The second kappa shape index (κ2) is 15.3. The van der Waals surface area contributed by atoms with Crippen molar-refractivity contribution in [1.82, 2.24) is 31.1 Å². The van der Waals surface area contributed by atoms with Crippen LogP contribution in [0, 0.1) is 11.8 Å². The number of rotatable bonds is 7. The number of aliphatic hydroxyl groups excluding tert-OH is 1. The Bertz CT molecular complexity index is 1250. The van der Waals surface area contributed by atoms with E-state index < -0.39 is 72.9 Å². The maximum atomic E-state index is 14.3. The highest BCUT2D eigenvalue weighted by atomic mass is 16.3. The average Bonchev–Trinajstić information content (AvgIpc) is 3.69. The lowest BCUT2D eigenvalue weighted by Crippen LogP contribution is -2.58. The van der Waals surface area contributed by atoms with Gasteiger partial charge in [-0.3, -0.25) is 28.8 Å². The average molecular weight is 627 g/mol. The smallest absolute Gasteiger partial charge is 0.247 e. The number of nitrogens with zero attached hydrogens (tertiary/aromatic N) is 2. The summed E-state index contributed by atoms with van der Waals surface area (Å²) in [6.07, 6.45) is 4.03. The fourth-order valence-electron chi connectivity index (χ4n) is 6.42. The number of amides is 6. The fraction of sp³-hybridized carbons (Fsp3) is 0.625. The van der Waals surface area contributed by atoms with Crippen molar-refractivity contribution in [2.24, 2.45) is 11.8 Å². The molecule has 1 aromatic rings. The van der Waals surface area contributed by atoms with Crippen LogP contribution in [0.4, 0.5) is 0 Å². The summed E-state index contributed by atoms with van der Waals surface area (Å²) in [4.78, 5) is 83.2. The van der Waals surface area contributed by atoms with Gasteiger partial charge in [-0.05, 0) is 37.2 Å². The van der Waals surface area contributed by atoms with Crippen LogP contribution in [-0.4, -0.2) is 107 Å². The predicted octanol–water partition coefficient (Wildman–Crippen LogP) is -0.530. The normalized spacial score (nSPS) is 27.4. The first kappa shape index (κ1) is 33.9. The minimum absolute atomic E-state index is 0.0126. The standard InChI is InChI=1S/C32H46N6O7/c1-19(2)13-23-29(42)35-24(14-20-9-5-4-6-10-20)32(45)38-16-22(33-28(41)21-11-7-8-12-21)15-26(38)30(43)36-25(18-39)31(44)37(3)17-27(40)34-23/h4-6,9-10,19,21-26,39H,7-8,11-18H2,1-3H3,(H,33,41)(H,34,40)(H,35,42)(H,36,43)/t22-,23-,24-,25-,26-/m0/s1. The third-order valence-corrected chi connectivity index (χ3v) is 8.77. The predicted molar refractivity (Wildman–Crippen MR) is 164 cm³/mol. The van der Waals surface area contributed by atoms with Crippen LogP contribution in [0.1, 0.15) is 57.9 Å². The van der Waals surface area contributed by atoms with E-state index >= 15 is 0 Å². The van der Waals surface area contributed by atoms with Crippen LogP contribution in [0.5, 0.6) is 0 Å². The Kier molecular flexibility index (Phi) is 11.5. The van der Waals surface area contributed by atoms with E-state index in [2.05, 4.69) is 21.3 Å². The van der Waals surface area contributed by atoms with Gasteiger partial charge in [-0.25, -0.2) is 0 Å². The number of hydrogen-bond acceptors (Lipinski definition) is 7. The molecule has 3 aliphatic rings. The molecular weight excluding hydrogens is 580 g/mol. The third kappa shape index (κ3) is 8.80. The zero-order chi connectivity index (χ0) is 32.7. The van der Waals surface area contributed by atoms with Crippen molar-refractivity contribution in [3.63, 3.8) is 0 Å². The Balaban J connectivity index is 1.69. The lowest BCUT2D eigenvalue weighted by molar-refractivity contribution is -0.143. The van der Waals surface area contributed by atoms with Crippen molar-refractivity contribution in [2.75, 3.05) is 26.7 Å². The Morgan fingerprint density at radius 2 is 1.60 bits per heavy atom. The Labute approximate surface area is 263 Å². The molecule has 0 spiro atoms. The number of benzene rings is 1. The molecule has 2 heterocycles. The van der Waals surface area contributed by atoms with Crippen LogP contribution in [-0.2, 0) is 35.2 Å². The molecule has 0 radical (unpaired) electrons. The van der Waals surface area contributed by atoms with Crippen LogP contribution in [0.25, 0.3) is 0 Å². The van der Waals surface area contributed by atoms with Crippen molar-refractivity contribution in [3.05, 3.63) is 35.9 Å². The van der Waals surface area contributed by atoms with Crippen LogP contribution in [0.3, 0.4) is 0 Å². The van der Waals surface area contributed by atoms with Gasteiger partial charge in [-0.2, -0.15) is 0 Å². The zero-order valence-corrected chi connectivity index (χ0v) is 26.3. The Morgan fingerprint density at radius 1 is 0.933 bits per heavy atom. The van der Waals surface area contributed by atoms with Crippen LogP contribution in [0.15, 0.2) is 30.3 Å². The van der Waals surface area contributed by atoms with E-state index in [0.717, 1.165) is 36.1 Å². The summed E-state index contributed by atoms with van der Waals surface area (Å²) in [5.74, 6) is -3.28. The van der Waals surface area contributed by atoms with Gasteiger partial charge >= 0.3 is 0 Å². The van der Waals surface area contributed by atoms with Gasteiger partial charge in [0.1, 0.15) is 24.2 Å². The van der Waals surface area contributed by atoms with Crippen molar-refractivity contribution < 1.29 is 33.9 Å². The van der Waals surface area contributed by atoms with Gasteiger partial charge in [0.05, 0.1) is 13.2 Å². The van der Waals surface area contributed by atoms with E-state index in [1.807, 2.05) is 44.2 Å². The maximum Gasteiger partial charge on any atom is 0.247 e. The first-order valence-corrected chi connectivity index (χ1v) is 15.9. The molecule has 3 fully saturated rings. The lowest BCUT2D eigenvalue weighted by Gasteiger charge is -2.30. The summed E-state index contributed by atoms with van der Waals surface area (Å²) in [6.45, 7) is 2.68. The summed E-state index contributed by atoms with van der Waals surface area (Å²) >= 11 is 0. The second-order valence-corrected chi connectivity index (χ2v) is 12.9. The van der Waals surface area contributed by atoms with Crippen LogP contribution in [0.2, 0.25) is 0 Å². The SMILES string of the molecule is CC(C)C[C@@H]1NC(=O)CN(C)C(=O)[C@H](CO)NC(=O)[C@@H]2C[C@H](NC(=O)C3CCCC3)CN2C(=O)[C@H](Cc2ccccc2)NC1=O. The molecule has 13 nitrogen and oxygen atoms in total. The number of carbonyl (C=O) groups is 6. The summed E-state index contributed by atoms with van der Waals surface area (Å²) in [5.41, 5.74) is 0.775. The fourth-order valence-corrected chi connectivity index (χ4v) is 6.42. The quantitative estimate of drug-likeness (QED) is 0.270. The minimum atomic E-state index is -1.36. The van der Waals surface area contributed by atoms with Gasteiger partial charge in [-0.15, -0.1) is 0 Å². The maximum absolute atomic E-state index is 14.3. The largest absolute Gasteiger partial charge is 0.394 e. The van der Waals surface area contributed by atoms with Gasteiger partial charge in [0, 0.05) is 32.0 Å². The molecule has 0 bridgehead atoms. The van der Waals surface area contributed by atoms with E-state index in [1.54, 1.807) is 0 Å². The van der Waals surface area contributed by atoms with E-state index in [0.29, 0.717) is 0 Å². The number of aliphatic hydroxyl groups is 1. The molecule has 1 saturated carbocycles. The number of likely N-dealkylation sites (N-methyl/N-ethyl adjacent to an activating group) is 1. The monoisotopic (exact) mass is 626 g/mol. The Hall–Kier alpha value is -4.00. The van der Waals surface area contributed by atoms with E-state index in [-0.39, 0.29) is 43.6 Å². The zero-order valence-electron chi connectivity index (χ0n) is 26.3. The number of nitrogens with one attached hydrogen (secondary N) is 4. The minimum Gasteiger partial charge on any atom is -0.394 e. The number of carbonyl (C=O) groups excluding carboxylic acids is 6. The molecule has 1 aliphatic carbocycles. The molecule has 0 aromatic heterocycles. The Morgan fingerprint density at radius 3 is 2.24 bits per heavy atom. The van der Waals surface area contributed by atoms with Gasteiger partial charge in [0.25, 0.3) is 0 Å². The summed E-state index contributed by atoms with van der Waals surface area (Å²) in [5, 5.41) is 21.1. The highest BCUT2D eigenvalue weighted by molar-refractivity contribution is 5.97. The van der Waals surface area contributed by atoms with Gasteiger partial charge in [0.2, 0.25) is 35.4 Å². The number of fused-ring (bicyclic) bond motifs is 1. The van der Waals surface area contributed by atoms with Crippen LogP contribution >= 0.6 is 0 Å². The highest BCUT2D eigenvalue weighted by Gasteiger charge is 2.44. The van der Waals surface area contributed by atoms with Gasteiger partial charge < -0.3 is 36.2 Å². The van der Waals surface area contributed by atoms with Gasteiger partial charge in [-0.1, -0.05) is 57.0 Å². The van der Waals surface area contributed by atoms with Gasteiger partial charge in [0.15, 0.2) is 0 Å². The molecule has 0 unspecified atom stereocenters. The summed E-state index contributed by atoms with van der Waals surface area (Å²) < 4.78 is 0. The van der Waals surface area contributed by atoms with Crippen molar-refractivity contribution >= 4 is 35.4 Å². The third-order valence-electron chi connectivity index (χ3n) is 8.77. The molecule has 13 heteroatoms. The van der Waals surface area contributed by atoms with E-state index in [1.165, 1.54) is 11.9 Å². The first-order valence-electron chi connectivity index (χ1n) is 15.9. The summed E-state index contributed by atoms with van der Waals surface area (Å²) in [7, 11) is 1.36. The molecule has 2 aliphatic heterocycles. The van der Waals surface area contributed by atoms with Crippen molar-refractivity contribution in [2.45, 2.75) is 89.0 Å². The van der Waals surface area contributed by atoms with E-state index in [4.69, 9.17) is 0 Å². The van der Waals surface area contributed by atoms with Crippen molar-refractivity contribution in [3.8, 4) is 0 Å². The molecule has 1 aromatic carbocycles. The van der Waals surface area contributed by atoms with Crippen molar-refractivity contribution in [1.29, 1.82) is 0 Å². The molecule has 5 atom stereocenters. The molecular formula is C32H46N6O7. The lowest BCUT2D eigenvalue weighted by atomic mass is 10.0. The molecule has 2 saturated heterocycles. The van der Waals surface area contributed by atoms with E-state index in [9.17, 15) is 33.9 Å². The molecule has 45 heavy (non-hydrogen) atoms. The van der Waals surface area contributed by atoms with Crippen LogP contribution < -0.4 is 21.3 Å². The highest BCUT2D eigenvalue weighted by Crippen LogP contribution is 2.27. The molecule has 6 amide bonds. The molecule has 4 rings (SSSR count).